The first-order valence-electron chi connectivity index (χ1n) is 12.3. The lowest BCUT2D eigenvalue weighted by molar-refractivity contribution is -0.148. The molecule has 1 aromatic rings. The molecule has 0 saturated heterocycles. The maximum Gasteiger partial charge on any atom is 0.408 e. The van der Waals surface area contributed by atoms with Crippen LogP contribution in [0.4, 0.5) is 4.79 Å². The number of hydrogen-bond donors (Lipinski definition) is 3. The zero-order chi connectivity index (χ0) is 25.5. The summed E-state index contributed by atoms with van der Waals surface area (Å²) < 4.78 is 5.28. The monoisotopic (exact) mass is 475 g/mol. The van der Waals surface area contributed by atoms with Crippen LogP contribution in [0.2, 0.25) is 0 Å². The lowest BCUT2D eigenvalue weighted by Crippen LogP contribution is -2.58. The molecule has 0 aromatic heterocycles. The second kappa shape index (κ2) is 12.2. The third-order valence-electron chi connectivity index (χ3n) is 6.10. The fraction of sp³-hybridized carbons (Fsp3) is 0.654. The molecule has 2 atom stereocenters. The summed E-state index contributed by atoms with van der Waals surface area (Å²) in [5, 5.41) is 15.5. The molecule has 1 fully saturated rings. The van der Waals surface area contributed by atoms with Gasteiger partial charge in [-0.1, -0.05) is 31.5 Å². The van der Waals surface area contributed by atoms with E-state index in [1.807, 2.05) is 39.0 Å². The van der Waals surface area contributed by atoms with Crippen LogP contribution in [-0.2, 0) is 14.3 Å². The van der Waals surface area contributed by atoms with E-state index < -0.39 is 36.3 Å². The van der Waals surface area contributed by atoms with Crippen molar-refractivity contribution in [2.75, 3.05) is 13.2 Å². The van der Waals surface area contributed by atoms with E-state index in [1.54, 1.807) is 25.7 Å². The molecular weight excluding hydrogens is 434 g/mol. The molecule has 2 unspecified atom stereocenters. The lowest BCUT2D eigenvalue weighted by Gasteiger charge is -2.43. The second-order valence-corrected chi connectivity index (χ2v) is 10.1. The minimum atomic E-state index is -1.21. The highest BCUT2D eigenvalue weighted by Crippen LogP contribution is 2.34. The van der Waals surface area contributed by atoms with Crippen molar-refractivity contribution in [1.29, 1.82) is 0 Å². The molecule has 1 aromatic carbocycles. The second-order valence-electron chi connectivity index (χ2n) is 10.1. The average Bonchev–Trinajstić information content (AvgIpc) is 2.71. The van der Waals surface area contributed by atoms with E-state index in [4.69, 9.17) is 4.74 Å². The molecule has 34 heavy (non-hydrogen) atoms. The van der Waals surface area contributed by atoms with Crippen molar-refractivity contribution in [3.8, 4) is 0 Å². The number of unbranched alkanes of at least 4 members (excludes halogenated alkanes) is 1. The van der Waals surface area contributed by atoms with Gasteiger partial charge >= 0.3 is 6.09 Å². The summed E-state index contributed by atoms with van der Waals surface area (Å²) in [5.74, 6) is -0.752. The van der Waals surface area contributed by atoms with Gasteiger partial charge in [0.25, 0.3) is 0 Å². The van der Waals surface area contributed by atoms with Crippen molar-refractivity contribution < 1.29 is 24.2 Å². The molecule has 8 heteroatoms. The van der Waals surface area contributed by atoms with Gasteiger partial charge in [0.05, 0.1) is 6.61 Å². The van der Waals surface area contributed by atoms with Crippen molar-refractivity contribution in [2.45, 2.75) is 97.4 Å². The number of aryl methyl sites for hydroxylation is 2. The molecule has 1 aliphatic carbocycles. The number of aliphatic hydroxyl groups is 1. The maximum atomic E-state index is 13.7. The number of nitrogens with one attached hydrogen (secondary N) is 2. The van der Waals surface area contributed by atoms with Crippen molar-refractivity contribution in [3.05, 3.63) is 34.9 Å². The standard InChI is InChI=1S/C26H41N3O5/c1-7-8-14-27-23(31)22(19-13-12-17(2)18(3)15-19)29(20-10-9-11-20)24(32)21(16-30)28-25(33)34-26(4,5)6/h12-13,15,20-22,30H,7-11,14,16H2,1-6H3,(H,27,31)(H,28,33). The van der Waals surface area contributed by atoms with Gasteiger partial charge in [-0.15, -0.1) is 0 Å². The van der Waals surface area contributed by atoms with E-state index in [-0.39, 0.29) is 11.9 Å². The Morgan fingerprint density at radius 1 is 1.18 bits per heavy atom. The molecule has 3 N–H and O–H groups in total. The molecule has 3 amide bonds. The Balaban J connectivity index is 2.41. The smallest absolute Gasteiger partial charge is 0.408 e. The van der Waals surface area contributed by atoms with Gasteiger partial charge in [0, 0.05) is 12.6 Å². The Hall–Kier alpha value is -2.61. The summed E-state index contributed by atoms with van der Waals surface area (Å²) in [6, 6.07) is 3.54. The van der Waals surface area contributed by atoms with Gasteiger partial charge in [-0.3, -0.25) is 9.59 Å². The number of alkyl carbamates (subject to hydrolysis) is 1. The van der Waals surface area contributed by atoms with Crippen LogP contribution in [0.5, 0.6) is 0 Å². The zero-order valence-corrected chi connectivity index (χ0v) is 21.4. The fourth-order valence-electron chi connectivity index (χ4n) is 3.86. The number of benzene rings is 1. The third-order valence-corrected chi connectivity index (χ3v) is 6.10. The first-order chi connectivity index (χ1) is 16.0. The molecule has 8 nitrogen and oxygen atoms in total. The van der Waals surface area contributed by atoms with Crippen LogP contribution in [0.1, 0.15) is 82.5 Å². The van der Waals surface area contributed by atoms with Crippen LogP contribution in [0, 0.1) is 13.8 Å². The Bertz CT molecular complexity index is 860. The Morgan fingerprint density at radius 2 is 1.85 bits per heavy atom. The quantitative estimate of drug-likeness (QED) is 0.449. The number of amides is 3. The summed E-state index contributed by atoms with van der Waals surface area (Å²) in [6.07, 6.45) is 3.46. The van der Waals surface area contributed by atoms with Crippen LogP contribution < -0.4 is 10.6 Å². The Morgan fingerprint density at radius 3 is 2.35 bits per heavy atom. The van der Waals surface area contributed by atoms with Gasteiger partial charge in [0.15, 0.2) is 0 Å². The molecule has 0 radical (unpaired) electrons. The van der Waals surface area contributed by atoms with E-state index in [1.165, 1.54) is 0 Å². The average molecular weight is 476 g/mol. The summed E-state index contributed by atoms with van der Waals surface area (Å²) in [6.45, 7) is 11.1. The van der Waals surface area contributed by atoms with Crippen molar-refractivity contribution >= 4 is 17.9 Å². The predicted molar refractivity (Wildman–Crippen MR) is 131 cm³/mol. The highest BCUT2D eigenvalue weighted by Gasteiger charge is 2.41. The Kier molecular flexibility index (Phi) is 9.91. The van der Waals surface area contributed by atoms with Crippen LogP contribution >= 0.6 is 0 Å². The van der Waals surface area contributed by atoms with E-state index in [9.17, 15) is 19.5 Å². The SMILES string of the molecule is CCCCNC(=O)C(c1ccc(C)c(C)c1)N(C(=O)C(CO)NC(=O)OC(C)(C)C)C1CCC1. The molecule has 0 bridgehead atoms. The molecule has 1 saturated carbocycles. The van der Waals surface area contributed by atoms with Gasteiger partial charge < -0.3 is 25.4 Å². The number of ether oxygens (including phenoxy) is 1. The molecule has 1 aliphatic rings. The normalized spacial score (nSPS) is 15.6. The number of carbonyl (C=O) groups excluding carboxylic acids is 3. The molecule has 0 heterocycles. The van der Waals surface area contributed by atoms with Gasteiger partial charge in [0.2, 0.25) is 11.8 Å². The third kappa shape index (κ3) is 7.45. The van der Waals surface area contributed by atoms with Gasteiger partial charge in [-0.05, 0) is 77.0 Å². The Labute approximate surface area is 203 Å². The minimum absolute atomic E-state index is 0.148. The first-order valence-corrected chi connectivity index (χ1v) is 12.3. The van der Waals surface area contributed by atoms with E-state index in [2.05, 4.69) is 10.6 Å². The fourth-order valence-corrected chi connectivity index (χ4v) is 3.86. The summed E-state index contributed by atoms with van der Waals surface area (Å²) in [5.41, 5.74) is 2.08. The van der Waals surface area contributed by atoms with Crippen LogP contribution in [0.3, 0.4) is 0 Å². The maximum absolute atomic E-state index is 13.7. The van der Waals surface area contributed by atoms with Crippen molar-refractivity contribution in [2.24, 2.45) is 0 Å². The molecule has 0 aliphatic heterocycles. The lowest BCUT2D eigenvalue weighted by atomic mass is 9.87. The van der Waals surface area contributed by atoms with Crippen molar-refractivity contribution in [3.63, 3.8) is 0 Å². The van der Waals surface area contributed by atoms with Crippen LogP contribution in [0.25, 0.3) is 0 Å². The van der Waals surface area contributed by atoms with Gasteiger partial charge in [-0.2, -0.15) is 0 Å². The molecule has 0 spiro atoms. The minimum Gasteiger partial charge on any atom is -0.444 e. The summed E-state index contributed by atoms with van der Waals surface area (Å²) >= 11 is 0. The highest BCUT2D eigenvalue weighted by atomic mass is 16.6. The number of nitrogens with zero attached hydrogens (tertiary/aromatic N) is 1. The number of aliphatic hydroxyl groups excluding tert-OH is 1. The summed E-state index contributed by atoms with van der Waals surface area (Å²) in [4.78, 5) is 41.1. The topological polar surface area (TPSA) is 108 Å². The van der Waals surface area contributed by atoms with E-state index >= 15 is 0 Å². The number of hydrogen-bond acceptors (Lipinski definition) is 5. The zero-order valence-electron chi connectivity index (χ0n) is 21.4. The van der Waals surface area contributed by atoms with Gasteiger partial charge in [0.1, 0.15) is 17.7 Å². The van der Waals surface area contributed by atoms with Crippen LogP contribution in [0.15, 0.2) is 18.2 Å². The molecular formula is C26H41N3O5. The van der Waals surface area contributed by atoms with Gasteiger partial charge in [-0.25, -0.2) is 4.79 Å². The molecule has 2 rings (SSSR count). The van der Waals surface area contributed by atoms with Crippen LogP contribution in [-0.4, -0.2) is 58.8 Å². The molecule has 190 valence electrons. The van der Waals surface area contributed by atoms with E-state index in [0.29, 0.717) is 12.1 Å². The first kappa shape index (κ1) is 27.6. The predicted octanol–water partition coefficient (Wildman–Crippen LogP) is 3.53. The number of rotatable bonds is 10. The summed E-state index contributed by atoms with van der Waals surface area (Å²) in [7, 11) is 0. The largest absolute Gasteiger partial charge is 0.444 e. The van der Waals surface area contributed by atoms with E-state index in [0.717, 1.165) is 43.2 Å². The number of carbonyl (C=O) groups is 3. The highest BCUT2D eigenvalue weighted by molar-refractivity contribution is 5.92. The van der Waals surface area contributed by atoms with Crippen molar-refractivity contribution in [1.82, 2.24) is 15.5 Å².